The predicted octanol–water partition coefficient (Wildman–Crippen LogP) is 4.17. The zero-order chi connectivity index (χ0) is 25.2. The van der Waals surface area contributed by atoms with Gasteiger partial charge in [0.1, 0.15) is 11.6 Å². The minimum Gasteiger partial charge on any atom is -0.493 e. The number of para-hydroxylation sites is 1. The lowest BCUT2D eigenvalue weighted by atomic mass is 10.1. The van der Waals surface area contributed by atoms with Crippen LogP contribution in [0.5, 0.6) is 11.5 Å². The fraction of sp³-hybridized carbons (Fsp3) is 0.0800. The molecule has 0 aliphatic carbocycles. The smallest absolute Gasteiger partial charge is 0.271 e. The van der Waals surface area contributed by atoms with Crippen LogP contribution in [0.4, 0.5) is 17.1 Å². The summed E-state index contributed by atoms with van der Waals surface area (Å²) in [5.74, 6) is -0.551. The van der Waals surface area contributed by atoms with Crippen molar-refractivity contribution >= 4 is 35.0 Å². The minimum absolute atomic E-state index is 0.110. The Bertz CT molecular complexity index is 1320. The topological polar surface area (TPSA) is 144 Å². The fourth-order valence-corrected chi connectivity index (χ4v) is 2.97. The number of carbonyl (C=O) groups excluding carboxylic acids is 2. The summed E-state index contributed by atoms with van der Waals surface area (Å²) in [4.78, 5) is 34.9. The van der Waals surface area contributed by atoms with E-state index in [-0.39, 0.29) is 35.1 Å². The van der Waals surface area contributed by atoms with E-state index in [0.29, 0.717) is 11.3 Å². The first-order valence-electron chi connectivity index (χ1n) is 10.2. The quantitative estimate of drug-likeness (QED) is 0.206. The van der Waals surface area contributed by atoms with Crippen molar-refractivity contribution in [3.63, 3.8) is 0 Å². The van der Waals surface area contributed by atoms with Gasteiger partial charge in [-0.15, -0.1) is 0 Å². The molecule has 0 unspecified atom stereocenters. The van der Waals surface area contributed by atoms with Gasteiger partial charge < -0.3 is 20.1 Å². The van der Waals surface area contributed by atoms with Crippen molar-refractivity contribution in [1.82, 2.24) is 0 Å². The van der Waals surface area contributed by atoms with E-state index in [1.165, 1.54) is 43.5 Å². The molecule has 0 fully saturated rings. The summed E-state index contributed by atoms with van der Waals surface area (Å²) < 4.78 is 10.8. The average Bonchev–Trinajstić information content (AvgIpc) is 2.86. The van der Waals surface area contributed by atoms with Crippen molar-refractivity contribution in [3.8, 4) is 17.6 Å². The first kappa shape index (κ1) is 24.5. The van der Waals surface area contributed by atoms with E-state index in [9.17, 15) is 25.0 Å². The molecule has 2 N–H and O–H groups in total. The van der Waals surface area contributed by atoms with E-state index in [1.54, 1.807) is 36.4 Å². The van der Waals surface area contributed by atoms with Crippen molar-refractivity contribution in [2.24, 2.45) is 0 Å². The number of amides is 2. The van der Waals surface area contributed by atoms with Crippen LogP contribution in [-0.2, 0) is 9.59 Å². The molecule has 0 aliphatic rings. The number of nitrogens with one attached hydrogen (secondary N) is 2. The monoisotopic (exact) mass is 472 g/mol. The summed E-state index contributed by atoms with van der Waals surface area (Å²) in [7, 11) is 1.41. The number of hydrogen-bond acceptors (Lipinski definition) is 7. The second-order valence-electron chi connectivity index (χ2n) is 7.04. The number of methoxy groups -OCH3 is 1. The van der Waals surface area contributed by atoms with Gasteiger partial charge in [-0.05, 0) is 42.0 Å². The van der Waals surface area contributed by atoms with E-state index in [2.05, 4.69) is 10.6 Å². The van der Waals surface area contributed by atoms with Crippen LogP contribution in [0.1, 0.15) is 5.56 Å². The normalized spacial score (nSPS) is 10.6. The summed E-state index contributed by atoms with van der Waals surface area (Å²) in [6, 6.07) is 20.9. The Labute approximate surface area is 200 Å². The van der Waals surface area contributed by atoms with Crippen molar-refractivity contribution in [2.45, 2.75) is 0 Å². The maximum absolute atomic E-state index is 12.4. The van der Waals surface area contributed by atoms with Gasteiger partial charge in [0.25, 0.3) is 17.5 Å². The highest BCUT2D eigenvalue weighted by molar-refractivity contribution is 6.09. The molecule has 3 aromatic rings. The van der Waals surface area contributed by atoms with E-state index in [1.807, 2.05) is 12.1 Å². The van der Waals surface area contributed by atoms with Gasteiger partial charge in [-0.25, -0.2) is 0 Å². The van der Waals surface area contributed by atoms with Crippen molar-refractivity contribution in [3.05, 3.63) is 94.0 Å². The van der Waals surface area contributed by atoms with Crippen molar-refractivity contribution in [1.29, 1.82) is 5.26 Å². The van der Waals surface area contributed by atoms with Gasteiger partial charge in [-0.2, -0.15) is 5.26 Å². The first-order valence-corrected chi connectivity index (χ1v) is 10.2. The molecule has 3 rings (SSSR count). The lowest BCUT2D eigenvalue weighted by molar-refractivity contribution is -0.384. The molecule has 0 spiro atoms. The van der Waals surface area contributed by atoms with Crippen LogP contribution in [-0.4, -0.2) is 30.5 Å². The van der Waals surface area contributed by atoms with Crippen LogP contribution in [0.15, 0.2) is 78.4 Å². The highest BCUT2D eigenvalue weighted by atomic mass is 16.6. The van der Waals surface area contributed by atoms with Crippen LogP contribution in [0.3, 0.4) is 0 Å². The summed E-state index contributed by atoms with van der Waals surface area (Å²) in [5.41, 5.74) is 1.07. The third kappa shape index (κ3) is 6.90. The number of non-ortho nitro benzene ring substituents is 1. The lowest BCUT2D eigenvalue weighted by Gasteiger charge is -2.12. The molecule has 0 saturated carbocycles. The standard InChI is InChI=1S/C25H20N4O6/c1-34-23-13-17(12-18(15-26)25(31)28-19-6-3-2-4-7-19)10-11-22(23)35-16-24(30)27-20-8-5-9-21(14-20)29(32)33/h2-14H,16H2,1H3,(H,27,30)(H,28,31)/b18-12-. The van der Waals surface area contributed by atoms with Gasteiger partial charge >= 0.3 is 0 Å². The molecule has 35 heavy (non-hydrogen) atoms. The van der Waals surface area contributed by atoms with Gasteiger partial charge in [0.2, 0.25) is 0 Å². The Hall–Kier alpha value is -5.17. The number of nitro benzene ring substituents is 1. The zero-order valence-electron chi connectivity index (χ0n) is 18.6. The fourth-order valence-electron chi connectivity index (χ4n) is 2.97. The van der Waals surface area contributed by atoms with Crippen LogP contribution in [0.2, 0.25) is 0 Å². The molecule has 0 aliphatic heterocycles. The number of nitro groups is 1. The second kappa shape index (κ2) is 11.6. The predicted molar refractivity (Wildman–Crippen MR) is 129 cm³/mol. The molecular formula is C25H20N4O6. The molecular weight excluding hydrogens is 452 g/mol. The number of nitrogens with zero attached hydrogens (tertiary/aromatic N) is 2. The molecule has 0 radical (unpaired) electrons. The van der Waals surface area contributed by atoms with Gasteiger partial charge in [0.05, 0.1) is 12.0 Å². The number of ether oxygens (including phenoxy) is 2. The Morgan fingerprint density at radius 2 is 1.74 bits per heavy atom. The molecule has 0 heterocycles. The highest BCUT2D eigenvalue weighted by Gasteiger charge is 2.13. The average molecular weight is 472 g/mol. The van der Waals surface area contributed by atoms with E-state index < -0.39 is 16.7 Å². The Kier molecular flexibility index (Phi) is 8.13. The Morgan fingerprint density at radius 3 is 2.43 bits per heavy atom. The van der Waals surface area contributed by atoms with Crippen LogP contribution < -0.4 is 20.1 Å². The maximum Gasteiger partial charge on any atom is 0.271 e. The number of nitriles is 1. The zero-order valence-corrected chi connectivity index (χ0v) is 18.6. The SMILES string of the molecule is COc1cc(/C=C(/C#N)C(=O)Nc2ccccc2)ccc1OCC(=O)Nc1cccc([N+](=O)[O-])c1. The Morgan fingerprint density at radius 1 is 1.00 bits per heavy atom. The van der Waals surface area contributed by atoms with Gasteiger partial charge in [-0.3, -0.25) is 19.7 Å². The highest BCUT2D eigenvalue weighted by Crippen LogP contribution is 2.29. The summed E-state index contributed by atoms with van der Waals surface area (Å²) in [6.45, 7) is -0.378. The molecule has 176 valence electrons. The molecule has 2 amide bonds. The molecule has 0 saturated heterocycles. The molecule has 10 heteroatoms. The van der Waals surface area contributed by atoms with E-state index >= 15 is 0 Å². The minimum atomic E-state index is -0.559. The Balaban J connectivity index is 1.66. The van der Waals surface area contributed by atoms with Gasteiger partial charge in [0, 0.05) is 23.5 Å². The molecule has 3 aromatic carbocycles. The number of hydrogen-bond donors (Lipinski definition) is 2. The van der Waals surface area contributed by atoms with Gasteiger partial charge in [-0.1, -0.05) is 30.3 Å². The van der Waals surface area contributed by atoms with Gasteiger partial charge in [0.15, 0.2) is 18.1 Å². The molecule has 0 atom stereocenters. The van der Waals surface area contributed by atoms with Crippen LogP contribution in [0, 0.1) is 21.4 Å². The van der Waals surface area contributed by atoms with Crippen molar-refractivity contribution in [2.75, 3.05) is 24.4 Å². The molecule has 10 nitrogen and oxygen atoms in total. The van der Waals surface area contributed by atoms with E-state index in [4.69, 9.17) is 9.47 Å². The lowest BCUT2D eigenvalue weighted by Crippen LogP contribution is -2.20. The number of anilines is 2. The van der Waals surface area contributed by atoms with E-state index in [0.717, 1.165) is 0 Å². The third-order valence-electron chi connectivity index (χ3n) is 4.59. The van der Waals surface area contributed by atoms with Crippen LogP contribution >= 0.6 is 0 Å². The second-order valence-corrected chi connectivity index (χ2v) is 7.04. The largest absolute Gasteiger partial charge is 0.493 e. The summed E-state index contributed by atoms with van der Waals surface area (Å²) in [6.07, 6.45) is 1.40. The number of rotatable bonds is 9. The number of benzene rings is 3. The summed E-state index contributed by atoms with van der Waals surface area (Å²) in [5, 5.41) is 25.4. The maximum atomic E-state index is 12.4. The number of carbonyl (C=O) groups is 2. The third-order valence-corrected chi connectivity index (χ3v) is 4.59. The summed E-state index contributed by atoms with van der Waals surface area (Å²) >= 11 is 0. The van der Waals surface area contributed by atoms with Crippen LogP contribution in [0.25, 0.3) is 6.08 Å². The van der Waals surface area contributed by atoms with Crippen molar-refractivity contribution < 1.29 is 24.0 Å². The molecule has 0 aromatic heterocycles. The molecule has 0 bridgehead atoms. The first-order chi connectivity index (χ1) is 16.9.